The number of anilines is 2. The lowest BCUT2D eigenvalue weighted by Gasteiger charge is -2.38. The topological polar surface area (TPSA) is 19.0 Å². The second-order valence-electron chi connectivity index (χ2n) is 9.41. The second-order valence-corrected chi connectivity index (χ2v) is 9.88. The van der Waals surface area contributed by atoms with Crippen molar-refractivity contribution in [2.75, 3.05) is 62.3 Å². The molecule has 3 aromatic rings. The molecule has 0 saturated carbocycles. The molecule has 0 aliphatic carbocycles. The van der Waals surface area contributed by atoms with E-state index in [-0.39, 0.29) is 0 Å². The maximum absolute atomic E-state index is 13.2. The molecule has 0 atom stereocenters. The molecule has 2 heterocycles. The third-order valence-corrected chi connectivity index (χ3v) is 7.45. The van der Waals surface area contributed by atoms with Gasteiger partial charge in [0.1, 0.15) is 0 Å². The van der Waals surface area contributed by atoms with Gasteiger partial charge in [-0.15, -0.1) is 0 Å². The maximum atomic E-state index is 13.2. The Kier molecular flexibility index (Phi) is 7.67. The summed E-state index contributed by atoms with van der Waals surface area (Å²) in [6, 6.07) is 22.1. The number of alkyl halides is 3. The molecular formula is C29H30F3N3OS. The fourth-order valence-corrected chi connectivity index (χ4v) is 5.33. The quantitative estimate of drug-likeness (QED) is 0.385. The summed E-state index contributed by atoms with van der Waals surface area (Å²) < 4.78 is 45.1. The minimum Gasteiger partial charge on any atom is -0.378 e. The number of morpholine rings is 1. The lowest BCUT2D eigenvalue weighted by atomic mass is 9.97. The Bertz CT molecular complexity index is 1200. The van der Waals surface area contributed by atoms with Crippen LogP contribution in [0.1, 0.15) is 11.1 Å². The summed E-state index contributed by atoms with van der Waals surface area (Å²) in [7, 11) is 0. The molecule has 0 bridgehead atoms. The van der Waals surface area contributed by atoms with Crippen LogP contribution >= 0.6 is 12.2 Å². The number of nitrogens with zero attached hydrogens (tertiary/aromatic N) is 3. The van der Waals surface area contributed by atoms with E-state index in [4.69, 9.17) is 17.0 Å². The van der Waals surface area contributed by atoms with Crippen LogP contribution in [0.15, 0.2) is 72.8 Å². The number of thiocarbonyl (C=S) groups is 1. The van der Waals surface area contributed by atoms with Crippen molar-refractivity contribution in [2.45, 2.75) is 12.6 Å². The van der Waals surface area contributed by atoms with Gasteiger partial charge < -0.3 is 19.4 Å². The Hall–Kier alpha value is -3.10. The molecule has 0 radical (unpaired) electrons. The highest BCUT2D eigenvalue weighted by molar-refractivity contribution is 7.80. The summed E-state index contributed by atoms with van der Waals surface area (Å²) in [6.07, 6.45) is -3.74. The van der Waals surface area contributed by atoms with Crippen molar-refractivity contribution in [2.24, 2.45) is 0 Å². The number of hydrogen-bond acceptors (Lipinski definition) is 4. The van der Waals surface area contributed by atoms with Crippen LogP contribution in [-0.2, 0) is 17.3 Å². The van der Waals surface area contributed by atoms with Gasteiger partial charge >= 0.3 is 6.18 Å². The molecule has 4 nitrogen and oxygen atoms in total. The van der Waals surface area contributed by atoms with Crippen LogP contribution in [0.4, 0.5) is 24.5 Å². The summed E-state index contributed by atoms with van der Waals surface area (Å²) >= 11 is 5.72. The van der Waals surface area contributed by atoms with Gasteiger partial charge in [-0.1, -0.05) is 48.6 Å². The van der Waals surface area contributed by atoms with E-state index in [9.17, 15) is 13.2 Å². The van der Waals surface area contributed by atoms with Gasteiger partial charge in [0, 0.05) is 62.6 Å². The fraction of sp³-hybridized carbons (Fsp3) is 0.345. The van der Waals surface area contributed by atoms with Gasteiger partial charge in [-0.05, 0) is 47.5 Å². The summed E-state index contributed by atoms with van der Waals surface area (Å²) in [5.41, 5.74) is 4.36. The van der Waals surface area contributed by atoms with E-state index in [1.54, 1.807) is 12.1 Å². The van der Waals surface area contributed by atoms with Gasteiger partial charge in [-0.3, -0.25) is 0 Å². The molecule has 0 unspecified atom stereocenters. The Labute approximate surface area is 221 Å². The van der Waals surface area contributed by atoms with Crippen molar-refractivity contribution < 1.29 is 17.9 Å². The number of rotatable bonds is 5. The molecule has 0 N–H and O–H groups in total. The summed E-state index contributed by atoms with van der Waals surface area (Å²) in [4.78, 5) is 7.73. The van der Waals surface area contributed by atoms with Gasteiger partial charge in [0.05, 0.1) is 23.8 Å². The molecule has 0 amide bonds. The molecule has 2 aliphatic rings. The zero-order valence-electron chi connectivity index (χ0n) is 20.6. The molecule has 2 saturated heterocycles. The number of ether oxygens (including phenoxy) is 1. The first-order chi connectivity index (χ1) is 17.9. The summed E-state index contributed by atoms with van der Waals surface area (Å²) in [6.45, 7) is 6.32. The lowest BCUT2D eigenvalue weighted by molar-refractivity contribution is -0.137. The maximum Gasteiger partial charge on any atom is 0.416 e. The second kappa shape index (κ2) is 11.1. The van der Waals surface area contributed by atoms with E-state index in [1.165, 1.54) is 5.69 Å². The first-order valence-corrected chi connectivity index (χ1v) is 13.0. The molecule has 3 aromatic carbocycles. The Morgan fingerprint density at radius 3 is 2.08 bits per heavy atom. The van der Waals surface area contributed by atoms with Crippen LogP contribution in [0, 0.1) is 0 Å². The minimum atomic E-state index is -4.36. The Morgan fingerprint density at radius 2 is 1.43 bits per heavy atom. The van der Waals surface area contributed by atoms with Gasteiger partial charge in [0.25, 0.3) is 0 Å². The van der Waals surface area contributed by atoms with Crippen molar-refractivity contribution in [3.8, 4) is 11.1 Å². The van der Waals surface area contributed by atoms with E-state index >= 15 is 0 Å². The van der Waals surface area contributed by atoms with Crippen LogP contribution in [0.25, 0.3) is 11.1 Å². The SMILES string of the molecule is FC(F)(F)c1ccc(-c2cc(CC(=S)N3CCOCC3)ccc2N2CCN(c3ccccc3)CC2)cc1. The highest BCUT2D eigenvalue weighted by Gasteiger charge is 2.30. The number of piperazine rings is 1. The molecular weight excluding hydrogens is 495 g/mol. The first-order valence-electron chi connectivity index (χ1n) is 12.6. The zero-order chi connectivity index (χ0) is 25.8. The average Bonchev–Trinajstić information content (AvgIpc) is 2.94. The molecule has 8 heteroatoms. The van der Waals surface area contributed by atoms with E-state index in [2.05, 4.69) is 45.0 Å². The van der Waals surface area contributed by atoms with Gasteiger partial charge in [0.15, 0.2) is 0 Å². The van der Waals surface area contributed by atoms with Gasteiger partial charge in [-0.25, -0.2) is 0 Å². The molecule has 2 fully saturated rings. The van der Waals surface area contributed by atoms with E-state index < -0.39 is 11.7 Å². The average molecular weight is 526 g/mol. The van der Waals surface area contributed by atoms with Crippen LogP contribution in [0.5, 0.6) is 0 Å². The van der Waals surface area contributed by atoms with Crippen LogP contribution in [-0.4, -0.2) is 62.4 Å². The molecule has 5 rings (SSSR count). The Morgan fingerprint density at radius 1 is 0.784 bits per heavy atom. The van der Waals surface area contributed by atoms with Crippen LogP contribution in [0.2, 0.25) is 0 Å². The summed E-state index contributed by atoms with van der Waals surface area (Å²) in [5.74, 6) is 0. The van der Waals surface area contributed by atoms with Gasteiger partial charge in [-0.2, -0.15) is 13.2 Å². The number of halogens is 3. The van der Waals surface area contributed by atoms with Crippen molar-refractivity contribution in [3.63, 3.8) is 0 Å². The van der Waals surface area contributed by atoms with Gasteiger partial charge in [0.2, 0.25) is 0 Å². The molecule has 37 heavy (non-hydrogen) atoms. The predicted molar refractivity (Wildman–Crippen MR) is 146 cm³/mol. The monoisotopic (exact) mass is 525 g/mol. The van der Waals surface area contributed by atoms with Crippen LogP contribution < -0.4 is 9.80 Å². The van der Waals surface area contributed by atoms with Crippen molar-refractivity contribution in [3.05, 3.63) is 83.9 Å². The Balaban J connectivity index is 1.40. The molecule has 0 spiro atoms. The third-order valence-electron chi connectivity index (χ3n) is 7.05. The smallest absolute Gasteiger partial charge is 0.378 e. The number of para-hydroxylation sites is 1. The number of hydrogen-bond donors (Lipinski definition) is 0. The van der Waals surface area contributed by atoms with E-state index in [0.717, 1.165) is 78.8 Å². The molecule has 194 valence electrons. The first kappa shape index (κ1) is 25.5. The van der Waals surface area contributed by atoms with Crippen LogP contribution in [0.3, 0.4) is 0 Å². The summed E-state index contributed by atoms with van der Waals surface area (Å²) in [5, 5.41) is 0. The molecule has 2 aliphatic heterocycles. The number of benzene rings is 3. The zero-order valence-corrected chi connectivity index (χ0v) is 21.4. The minimum absolute atomic E-state index is 0.616. The third kappa shape index (κ3) is 6.08. The normalized spacial score (nSPS) is 16.7. The standard InChI is InChI=1S/C29H30F3N3OS/c30-29(31,32)24-9-7-23(8-10-24)26-20-22(21-28(37)35-16-18-36-19-17-35)6-11-27(26)34-14-12-33(13-15-34)25-4-2-1-3-5-25/h1-11,20H,12-19,21H2. The van der Waals surface area contributed by atoms with Crippen molar-refractivity contribution in [1.82, 2.24) is 4.90 Å². The van der Waals surface area contributed by atoms with E-state index in [0.29, 0.717) is 19.6 Å². The fourth-order valence-electron chi connectivity index (χ4n) is 4.98. The predicted octanol–water partition coefficient (Wildman–Crippen LogP) is 5.90. The molecule has 0 aromatic heterocycles. The highest BCUT2D eigenvalue weighted by atomic mass is 32.1. The largest absolute Gasteiger partial charge is 0.416 e. The van der Waals surface area contributed by atoms with Crippen molar-refractivity contribution in [1.29, 1.82) is 0 Å². The lowest BCUT2D eigenvalue weighted by Crippen LogP contribution is -2.46. The van der Waals surface area contributed by atoms with E-state index in [1.807, 2.05) is 18.2 Å². The van der Waals surface area contributed by atoms with Crippen molar-refractivity contribution >= 4 is 28.6 Å². The highest BCUT2D eigenvalue weighted by Crippen LogP contribution is 2.36.